The van der Waals surface area contributed by atoms with Crippen molar-refractivity contribution < 1.29 is 4.74 Å². The Hall–Kier alpha value is -3.96. The van der Waals surface area contributed by atoms with Gasteiger partial charge in [-0.05, 0) is 24.1 Å². The number of nitriles is 1. The van der Waals surface area contributed by atoms with E-state index in [1.807, 2.05) is 43.0 Å². The fourth-order valence-corrected chi connectivity index (χ4v) is 4.27. The zero-order valence-corrected chi connectivity index (χ0v) is 17.8. The lowest BCUT2D eigenvalue weighted by molar-refractivity contribution is 0.397. The Labute approximate surface area is 186 Å². The van der Waals surface area contributed by atoms with Crippen LogP contribution in [0.25, 0.3) is 16.6 Å². The number of hydrogen-bond donors (Lipinski definition) is 1. The molecule has 1 saturated heterocycles. The molecule has 0 spiro atoms. The lowest BCUT2D eigenvalue weighted by Crippen LogP contribution is -2.52. The largest absolute Gasteiger partial charge is 0.481 e. The number of aromatic nitrogens is 4. The van der Waals surface area contributed by atoms with Crippen molar-refractivity contribution in [2.45, 2.75) is 12.5 Å². The van der Waals surface area contributed by atoms with Gasteiger partial charge in [0.15, 0.2) is 0 Å². The molecule has 1 atom stereocenters. The molecule has 1 unspecified atom stereocenters. The van der Waals surface area contributed by atoms with Crippen molar-refractivity contribution in [1.82, 2.24) is 24.9 Å². The molecule has 1 fully saturated rings. The monoisotopic (exact) mass is 425 g/mol. The van der Waals surface area contributed by atoms with Gasteiger partial charge in [0.25, 0.3) is 0 Å². The van der Waals surface area contributed by atoms with E-state index in [0.717, 1.165) is 48.4 Å². The maximum absolute atomic E-state index is 9.27. The molecular weight excluding hydrogens is 402 g/mol. The van der Waals surface area contributed by atoms with Gasteiger partial charge in [-0.3, -0.25) is 4.98 Å². The van der Waals surface area contributed by atoms with Gasteiger partial charge >= 0.3 is 0 Å². The van der Waals surface area contributed by atoms with E-state index in [1.54, 1.807) is 17.8 Å². The summed E-state index contributed by atoms with van der Waals surface area (Å²) in [4.78, 5) is 11.2. The van der Waals surface area contributed by atoms with Crippen molar-refractivity contribution in [1.29, 1.82) is 5.26 Å². The first-order chi connectivity index (χ1) is 15.8. The van der Waals surface area contributed by atoms with Gasteiger partial charge in [0.05, 0.1) is 24.4 Å². The molecule has 5 rings (SSSR count). The van der Waals surface area contributed by atoms with Crippen molar-refractivity contribution in [3.05, 3.63) is 72.4 Å². The van der Waals surface area contributed by atoms with Crippen molar-refractivity contribution in [3.8, 4) is 23.1 Å². The molecule has 4 aromatic rings. The van der Waals surface area contributed by atoms with Crippen LogP contribution < -0.4 is 15.0 Å². The Morgan fingerprint density at radius 1 is 1.19 bits per heavy atom. The second-order valence-electron chi connectivity index (χ2n) is 7.77. The summed E-state index contributed by atoms with van der Waals surface area (Å²) >= 11 is 0. The molecule has 0 aromatic carbocycles. The van der Waals surface area contributed by atoms with E-state index in [1.165, 1.54) is 5.56 Å². The number of nitrogens with zero attached hydrogens (tertiary/aromatic N) is 6. The highest BCUT2D eigenvalue weighted by Gasteiger charge is 2.25. The molecule has 0 radical (unpaired) electrons. The van der Waals surface area contributed by atoms with Gasteiger partial charge in [-0.25, -0.2) is 9.50 Å². The molecule has 0 aliphatic carbocycles. The van der Waals surface area contributed by atoms with E-state index in [-0.39, 0.29) is 6.04 Å². The second-order valence-corrected chi connectivity index (χ2v) is 7.77. The lowest BCUT2D eigenvalue weighted by Gasteiger charge is -2.39. The summed E-state index contributed by atoms with van der Waals surface area (Å²) in [5.74, 6) is 0.623. The highest BCUT2D eigenvalue weighted by atomic mass is 16.5. The minimum atomic E-state index is 0.277. The topological polar surface area (TPSA) is 91.4 Å². The van der Waals surface area contributed by atoms with Crippen LogP contribution >= 0.6 is 0 Å². The van der Waals surface area contributed by atoms with E-state index in [4.69, 9.17) is 4.74 Å². The molecule has 0 amide bonds. The van der Waals surface area contributed by atoms with E-state index in [9.17, 15) is 5.26 Å². The summed E-state index contributed by atoms with van der Waals surface area (Å²) in [5.41, 5.74) is 5.73. The number of pyridine rings is 3. The molecule has 4 aromatic heterocycles. The zero-order chi connectivity index (χ0) is 21.9. The van der Waals surface area contributed by atoms with Crippen LogP contribution in [0.4, 0.5) is 5.69 Å². The van der Waals surface area contributed by atoms with Gasteiger partial charge < -0.3 is 15.0 Å². The van der Waals surface area contributed by atoms with Crippen molar-refractivity contribution in [2.75, 3.05) is 31.6 Å². The molecular formula is C24H23N7O. The number of methoxy groups -OCH3 is 1. The Morgan fingerprint density at radius 3 is 2.94 bits per heavy atom. The Kier molecular flexibility index (Phi) is 5.40. The molecule has 160 valence electrons. The number of fused-ring (bicyclic) bond motifs is 1. The summed E-state index contributed by atoms with van der Waals surface area (Å²) in [5, 5.41) is 17.1. The molecule has 8 heteroatoms. The van der Waals surface area contributed by atoms with Gasteiger partial charge in [0.2, 0.25) is 5.88 Å². The highest BCUT2D eigenvalue weighted by Crippen LogP contribution is 2.32. The average molecular weight is 425 g/mol. The lowest BCUT2D eigenvalue weighted by atomic mass is 10.0. The molecule has 8 nitrogen and oxygen atoms in total. The average Bonchev–Trinajstić information content (AvgIpc) is 3.27. The number of anilines is 1. The summed E-state index contributed by atoms with van der Waals surface area (Å²) in [6.07, 6.45) is 10.1. The van der Waals surface area contributed by atoms with E-state index < -0.39 is 0 Å². The number of hydrogen-bond acceptors (Lipinski definition) is 7. The third kappa shape index (κ3) is 3.74. The number of ether oxygens (including phenoxy) is 1. The number of rotatable bonds is 5. The van der Waals surface area contributed by atoms with Gasteiger partial charge in [-0.1, -0.05) is 12.1 Å². The Balaban J connectivity index is 1.49. The third-order valence-electron chi connectivity index (χ3n) is 5.88. The number of nitrogens with one attached hydrogen (secondary N) is 1. The van der Waals surface area contributed by atoms with Gasteiger partial charge in [0, 0.05) is 73.3 Å². The predicted molar refractivity (Wildman–Crippen MR) is 122 cm³/mol. The molecule has 1 aliphatic heterocycles. The van der Waals surface area contributed by atoms with Crippen LogP contribution in [0.1, 0.15) is 11.1 Å². The van der Waals surface area contributed by atoms with Crippen molar-refractivity contribution in [2.24, 2.45) is 0 Å². The second kappa shape index (κ2) is 8.65. The first-order valence-electron chi connectivity index (χ1n) is 10.5. The Bertz CT molecular complexity index is 1280. The molecule has 1 aliphatic rings. The van der Waals surface area contributed by atoms with Crippen LogP contribution in [0.3, 0.4) is 0 Å². The van der Waals surface area contributed by atoms with Gasteiger partial charge in [0.1, 0.15) is 6.07 Å². The highest BCUT2D eigenvalue weighted by molar-refractivity contribution is 5.79. The minimum Gasteiger partial charge on any atom is -0.481 e. The molecule has 1 N–H and O–H groups in total. The maximum atomic E-state index is 9.27. The van der Waals surface area contributed by atoms with Gasteiger partial charge in [-0.15, -0.1) is 0 Å². The van der Waals surface area contributed by atoms with Crippen LogP contribution in [-0.2, 0) is 6.42 Å². The van der Waals surface area contributed by atoms with E-state index in [2.05, 4.69) is 43.5 Å². The molecule has 32 heavy (non-hydrogen) atoms. The van der Waals surface area contributed by atoms with Crippen LogP contribution in [0.15, 0.2) is 61.3 Å². The zero-order valence-electron chi connectivity index (χ0n) is 17.8. The van der Waals surface area contributed by atoms with Crippen LogP contribution in [0, 0.1) is 11.3 Å². The summed E-state index contributed by atoms with van der Waals surface area (Å²) in [6.45, 7) is 2.70. The summed E-state index contributed by atoms with van der Waals surface area (Å²) in [6, 6.07) is 12.5. The molecule has 5 heterocycles. The van der Waals surface area contributed by atoms with E-state index in [0.29, 0.717) is 11.4 Å². The van der Waals surface area contributed by atoms with Crippen LogP contribution in [0.2, 0.25) is 0 Å². The smallest absolute Gasteiger partial charge is 0.212 e. The fourth-order valence-electron chi connectivity index (χ4n) is 4.27. The van der Waals surface area contributed by atoms with Crippen LogP contribution in [0.5, 0.6) is 5.88 Å². The van der Waals surface area contributed by atoms with E-state index >= 15 is 0 Å². The first kappa shape index (κ1) is 20.0. The molecule has 0 bridgehead atoms. The SMILES string of the molecule is COc1ccc(CC2CNCCN2c2ccncc2-c2ccc3c(C#N)cnn3c2)cn1. The minimum absolute atomic E-state index is 0.277. The standard InChI is InChI=1S/C24H23N7O/c1-32-24-5-2-17(12-28-24)10-20-14-27-8-9-30(20)23-6-7-26-15-21(23)18-3-4-22-19(11-25)13-29-31(22)16-18/h2-7,12-13,15-16,20,27H,8-10,14H2,1H3. The quantitative estimate of drug-likeness (QED) is 0.526. The first-order valence-corrected chi connectivity index (χ1v) is 10.5. The predicted octanol–water partition coefficient (Wildman–Crippen LogP) is 2.69. The van der Waals surface area contributed by atoms with Crippen molar-refractivity contribution >= 4 is 11.2 Å². The maximum Gasteiger partial charge on any atom is 0.212 e. The summed E-state index contributed by atoms with van der Waals surface area (Å²) in [7, 11) is 1.63. The summed E-state index contributed by atoms with van der Waals surface area (Å²) < 4.78 is 6.94. The normalized spacial score (nSPS) is 16.1. The fraction of sp³-hybridized carbons (Fsp3) is 0.250. The van der Waals surface area contributed by atoms with Crippen molar-refractivity contribution in [3.63, 3.8) is 0 Å². The molecule has 0 saturated carbocycles. The Morgan fingerprint density at radius 2 is 2.12 bits per heavy atom. The van der Waals surface area contributed by atoms with Gasteiger partial charge in [-0.2, -0.15) is 10.4 Å². The number of piperazine rings is 1. The third-order valence-corrected chi connectivity index (χ3v) is 5.88. The van der Waals surface area contributed by atoms with Crippen LogP contribution in [-0.4, -0.2) is 52.4 Å².